The fraction of sp³-hybridized carbons (Fsp3) is 0.769. The van der Waals surface area contributed by atoms with Gasteiger partial charge in [-0.3, -0.25) is 4.68 Å². The predicted molar refractivity (Wildman–Crippen MR) is 75.6 cm³/mol. The lowest BCUT2D eigenvalue weighted by atomic mass is 9.98. The Balaban J connectivity index is 2.82. The monoisotopic (exact) mass is 318 g/mol. The summed E-state index contributed by atoms with van der Waals surface area (Å²) in [7, 11) is 1.89. The van der Waals surface area contributed by atoms with E-state index in [0.717, 1.165) is 15.9 Å². The van der Waals surface area contributed by atoms with Crippen molar-refractivity contribution in [2.75, 3.05) is 6.61 Å². The number of ether oxygens (including phenoxy) is 1. The number of hydrogen-bond donors (Lipinski definition) is 1. The Labute approximate surface area is 117 Å². The van der Waals surface area contributed by atoms with Crippen LogP contribution in [0.3, 0.4) is 0 Å². The zero-order valence-corrected chi connectivity index (χ0v) is 13.4. The van der Waals surface area contributed by atoms with Gasteiger partial charge in [0.15, 0.2) is 0 Å². The Morgan fingerprint density at radius 2 is 2.06 bits per heavy atom. The van der Waals surface area contributed by atoms with Crippen LogP contribution in [0.25, 0.3) is 0 Å². The SMILES string of the molecule is CCOC(C(C)C)C(O)Cc1c(Br)c(C)nn1C. The van der Waals surface area contributed by atoms with Crippen molar-refractivity contribution in [1.82, 2.24) is 9.78 Å². The molecule has 1 rings (SSSR count). The normalized spacial score (nSPS) is 15.1. The van der Waals surface area contributed by atoms with Crippen LogP contribution in [0.5, 0.6) is 0 Å². The van der Waals surface area contributed by atoms with Gasteiger partial charge in [-0.25, -0.2) is 0 Å². The van der Waals surface area contributed by atoms with E-state index in [-0.39, 0.29) is 12.0 Å². The molecule has 18 heavy (non-hydrogen) atoms. The molecule has 1 N–H and O–H groups in total. The maximum absolute atomic E-state index is 10.3. The number of aliphatic hydroxyl groups is 1. The maximum atomic E-state index is 10.3. The summed E-state index contributed by atoms with van der Waals surface area (Å²) in [5.41, 5.74) is 1.95. The molecule has 0 aliphatic rings. The van der Waals surface area contributed by atoms with Crippen LogP contribution in [0.4, 0.5) is 0 Å². The molecule has 1 heterocycles. The van der Waals surface area contributed by atoms with Gasteiger partial charge < -0.3 is 9.84 Å². The first-order valence-electron chi connectivity index (χ1n) is 6.36. The second-order valence-electron chi connectivity index (χ2n) is 4.91. The van der Waals surface area contributed by atoms with E-state index in [4.69, 9.17) is 4.74 Å². The lowest BCUT2D eigenvalue weighted by molar-refractivity contribution is -0.0568. The highest BCUT2D eigenvalue weighted by molar-refractivity contribution is 9.10. The first-order valence-corrected chi connectivity index (χ1v) is 7.15. The maximum Gasteiger partial charge on any atom is 0.0860 e. The molecule has 0 radical (unpaired) electrons. The van der Waals surface area contributed by atoms with E-state index >= 15 is 0 Å². The van der Waals surface area contributed by atoms with Gasteiger partial charge in [-0.05, 0) is 35.7 Å². The van der Waals surface area contributed by atoms with E-state index in [9.17, 15) is 5.11 Å². The molecule has 0 saturated heterocycles. The number of nitrogens with zero attached hydrogens (tertiary/aromatic N) is 2. The topological polar surface area (TPSA) is 47.3 Å². The van der Waals surface area contributed by atoms with Crippen LogP contribution < -0.4 is 0 Å². The minimum atomic E-state index is -0.518. The van der Waals surface area contributed by atoms with E-state index < -0.39 is 6.10 Å². The average Bonchev–Trinajstić information content (AvgIpc) is 2.52. The molecule has 1 aromatic rings. The molecule has 0 aliphatic carbocycles. The molecule has 0 saturated carbocycles. The Morgan fingerprint density at radius 1 is 1.44 bits per heavy atom. The third-order valence-corrected chi connectivity index (χ3v) is 4.09. The molecule has 0 aliphatic heterocycles. The first-order chi connectivity index (χ1) is 8.38. The van der Waals surface area contributed by atoms with Gasteiger partial charge in [-0.1, -0.05) is 13.8 Å². The van der Waals surface area contributed by atoms with Crippen LogP contribution in [0.15, 0.2) is 4.47 Å². The minimum absolute atomic E-state index is 0.142. The highest BCUT2D eigenvalue weighted by atomic mass is 79.9. The van der Waals surface area contributed by atoms with E-state index in [1.165, 1.54) is 0 Å². The van der Waals surface area contributed by atoms with Gasteiger partial charge in [0, 0.05) is 20.1 Å². The van der Waals surface area contributed by atoms with E-state index in [1.54, 1.807) is 0 Å². The van der Waals surface area contributed by atoms with Crippen molar-refractivity contribution in [1.29, 1.82) is 0 Å². The molecular weight excluding hydrogens is 296 g/mol. The van der Waals surface area contributed by atoms with Crippen LogP contribution in [-0.2, 0) is 18.2 Å². The van der Waals surface area contributed by atoms with Gasteiger partial charge in [-0.2, -0.15) is 5.10 Å². The van der Waals surface area contributed by atoms with Crippen molar-refractivity contribution in [3.05, 3.63) is 15.9 Å². The summed E-state index contributed by atoms with van der Waals surface area (Å²) >= 11 is 3.52. The minimum Gasteiger partial charge on any atom is -0.390 e. The molecule has 1 aromatic heterocycles. The second-order valence-corrected chi connectivity index (χ2v) is 5.70. The summed E-state index contributed by atoms with van der Waals surface area (Å²) in [5, 5.41) is 14.7. The van der Waals surface area contributed by atoms with Gasteiger partial charge in [0.25, 0.3) is 0 Å². The standard InChI is InChI=1S/C13H23BrN2O2/c1-6-18-13(8(2)3)11(17)7-10-12(14)9(4)15-16(10)5/h8,11,13,17H,6-7H2,1-5H3. The van der Waals surface area contributed by atoms with Crippen LogP contribution >= 0.6 is 15.9 Å². The summed E-state index contributed by atoms with van der Waals surface area (Å²) < 4.78 is 8.42. The molecule has 0 aromatic carbocycles. The zero-order valence-electron chi connectivity index (χ0n) is 11.8. The van der Waals surface area contributed by atoms with Gasteiger partial charge in [0.05, 0.1) is 28.1 Å². The second kappa shape index (κ2) is 6.68. The summed E-state index contributed by atoms with van der Waals surface area (Å²) in [6, 6.07) is 0. The van der Waals surface area contributed by atoms with Gasteiger partial charge >= 0.3 is 0 Å². The van der Waals surface area contributed by atoms with Crippen LogP contribution in [0.1, 0.15) is 32.2 Å². The summed E-state index contributed by atoms with van der Waals surface area (Å²) in [6.45, 7) is 8.64. The third kappa shape index (κ3) is 3.56. The summed E-state index contributed by atoms with van der Waals surface area (Å²) in [5.74, 6) is 0.285. The van der Waals surface area contributed by atoms with Crippen LogP contribution in [-0.4, -0.2) is 33.7 Å². The number of halogens is 1. The highest BCUT2D eigenvalue weighted by Gasteiger charge is 2.25. The lowest BCUT2D eigenvalue weighted by Crippen LogP contribution is -2.35. The number of aromatic nitrogens is 2. The Bertz CT molecular complexity index is 391. The van der Waals surface area contributed by atoms with Crippen molar-refractivity contribution in [2.45, 2.75) is 46.3 Å². The highest BCUT2D eigenvalue weighted by Crippen LogP contribution is 2.23. The van der Waals surface area contributed by atoms with Crippen molar-refractivity contribution in [2.24, 2.45) is 13.0 Å². The van der Waals surface area contributed by atoms with Crippen molar-refractivity contribution in [3.63, 3.8) is 0 Å². The quantitative estimate of drug-likeness (QED) is 0.876. The Morgan fingerprint density at radius 3 is 2.44 bits per heavy atom. The molecule has 104 valence electrons. The fourth-order valence-electron chi connectivity index (χ4n) is 2.16. The van der Waals surface area contributed by atoms with Crippen molar-refractivity contribution < 1.29 is 9.84 Å². The van der Waals surface area contributed by atoms with E-state index in [2.05, 4.69) is 34.9 Å². The molecule has 0 spiro atoms. The molecule has 4 nitrogen and oxygen atoms in total. The Kier molecular flexibility index (Phi) is 5.82. The third-order valence-electron chi connectivity index (χ3n) is 3.06. The number of hydrogen-bond acceptors (Lipinski definition) is 3. The van der Waals surface area contributed by atoms with Gasteiger partial charge in [-0.15, -0.1) is 0 Å². The van der Waals surface area contributed by atoms with E-state index in [0.29, 0.717) is 13.0 Å². The molecular formula is C13H23BrN2O2. The van der Waals surface area contributed by atoms with E-state index in [1.807, 2.05) is 25.6 Å². The number of aliphatic hydroxyl groups excluding tert-OH is 1. The Hall–Kier alpha value is -0.390. The molecule has 2 unspecified atom stereocenters. The molecule has 0 amide bonds. The zero-order chi connectivity index (χ0) is 13.9. The molecule has 5 heteroatoms. The van der Waals surface area contributed by atoms with Crippen LogP contribution in [0.2, 0.25) is 0 Å². The average molecular weight is 319 g/mol. The summed E-state index contributed by atoms with van der Waals surface area (Å²) in [4.78, 5) is 0. The predicted octanol–water partition coefficient (Wildman–Crippen LogP) is 2.46. The molecule has 0 bridgehead atoms. The first kappa shape index (κ1) is 15.7. The molecule has 0 fully saturated rings. The molecule has 2 atom stereocenters. The van der Waals surface area contributed by atoms with Crippen molar-refractivity contribution in [3.8, 4) is 0 Å². The number of rotatable bonds is 6. The van der Waals surface area contributed by atoms with Gasteiger partial charge in [0.2, 0.25) is 0 Å². The van der Waals surface area contributed by atoms with Gasteiger partial charge in [0.1, 0.15) is 0 Å². The number of aryl methyl sites for hydroxylation is 2. The fourth-order valence-corrected chi connectivity index (χ4v) is 2.65. The van der Waals surface area contributed by atoms with Crippen molar-refractivity contribution >= 4 is 15.9 Å². The largest absolute Gasteiger partial charge is 0.390 e. The summed E-state index contributed by atoms with van der Waals surface area (Å²) in [6.07, 6.45) is -0.117. The lowest BCUT2D eigenvalue weighted by Gasteiger charge is -2.26. The smallest absolute Gasteiger partial charge is 0.0860 e. The van der Waals surface area contributed by atoms with Crippen LogP contribution in [0, 0.1) is 12.8 Å².